The lowest BCUT2D eigenvalue weighted by Crippen LogP contribution is -2.22. The topological polar surface area (TPSA) is 111 Å². The van der Waals surface area contributed by atoms with Crippen molar-refractivity contribution in [1.82, 2.24) is 24.8 Å². The van der Waals surface area contributed by atoms with E-state index < -0.39 is 0 Å². The number of carbonyl (C=O) groups excluding carboxylic acids is 1. The summed E-state index contributed by atoms with van der Waals surface area (Å²) >= 11 is 1.26. The van der Waals surface area contributed by atoms with E-state index in [1.165, 1.54) is 17.3 Å². The summed E-state index contributed by atoms with van der Waals surface area (Å²) in [4.78, 5) is 12.9. The highest BCUT2D eigenvalue weighted by Gasteiger charge is 2.24. The predicted octanol–water partition coefficient (Wildman–Crippen LogP) is 4.20. The Morgan fingerprint density at radius 1 is 1.31 bits per heavy atom. The van der Waals surface area contributed by atoms with Gasteiger partial charge in [0.25, 0.3) is 0 Å². The summed E-state index contributed by atoms with van der Waals surface area (Å²) in [5, 5.41) is 25.2. The third-order valence-electron chi connectivity index (χ3n) is 6.38. The van der Waals surface area contributed by atoms with Gasteiger partial charge in [-0.15, -0.1) is 5.10 Å². The van der Waals surface area contributed by atoms with E-state index in [1.54, 1.807) is 4.68 Å². The van der Waals surface area contributed by atoms with Crippen LogP contribution in [0.15, 0.2) is 29.4 Å². The molecule has 9 nitrogen and oxygen atoms in total. The summed E-state index contributed by atoms with van der Waals surface area (Å²) < 4.78 is 9.42. The molecule has 4 rings (SSSR count). The van der Waals surface area contributed by atoms with Crippen LogP contribution in [-0.2, 0) is 22.5 Å². The standard InChI is InChI=1S/C25H31N7O2S/c1-4-5-7-19-9-11-20(12-10-19)32-25(28-29-30-32)35-16-23(33)27-24-22(14-26)17(2)18(3)31(24)15-21-8-6-13-34-21/h9-12,21H,4-8,13,15-16H2,1-3H3,(H,27,33). The number of nitriles is 1. The minimum absolute atomic E-state index is 0.0926. The number of anilines is 1. The Balaban J connectivity index is 1.44. The number of aryl methyl sites for hydroxylation is 1. The number of nitrogens with zero attached hydrogens (tertiary/aromatic N) is 6. The molecule has 2 aromatic heterocycles. The summed E-state index contributed by atoms with van der Waals surface area (Å²) in [5.41, 5.74) is 4.46. The van der Waals surface area contributed by atoms with Gasteiger partial charge in [0.15, 0.2) is 0 Å². The molecule has 3 aromatic rings. The molecule has 0 bridgehead atoms. The molecular formula is C25H31N7O2S. The third-order valence-corrected chi connectivity index (χ3v) is 7.30. The first kappa shape index (κ1) is 24.9. The lowest BCUT2D eigenvalue weighted by Gasteiger charge is -2.16. The molecule has 0 saturated carbocycles. The molecule has 10 heteroatoms. The molecule has 0 radical (unpaired) electrons. The molecule has 1 aliphatic rings. The summed E-state index contributed by atoms with van der Waals surface area (Å²) in [6.07, 6.45) is 5.46. The van der Waals surface area contributed by atoms with Gasteiger partial charge in [-0.05, 0) is 73.2 Å². The molecule has 3 heterocycles. The number of tetrazole rings is 1. The summed E-state index contributed by atoms with van der Waals surface area (Å²) in [6, 6.07) is 10.4. The second-order valence-corrected chi connectivity index (χ2v) is 9.71. The Morgan fingerprint density at radius 2 is 2.11 bits per heavy atom. The van der Waals surface area contributed by atoms with Gasteiger partial charge in [-0.1, -0.05) is 37.2 Å². The smallest absolute Gasteiger partial charge is 0.235 e. The van der Waals surface area contributed by atoms with Crippen molar-refractivity contribution in [3.8, 4) is 11.8 Å². The highest BCUT2D eigenvalue weighted by atomic mass is 32.2. The van der Waals surface area contributed by atoms with Gasteiger partial charge in [0.05, 0.1) is 29.7 Å². The zero-order valence-electron chi connectivity index (χ0n) is 20.5. The van der Waals surface area contributed by atoms with Crippen molar-refractivity contribution in [2.45, 2.75) is 70.7 Å². The predicted molar refractivity (Wildman–Crippen MR) is 135 cm³/mol. The second-order valence-electron chi connectivity index (χ2n) is 8.77. The number of benzene rings is 1. The molecule has 35 heavy (non-hydrogen) atoms. The van der Waals surface area contributed by atoms with Gasteiger partial charge in [0.1, 0.15) is 11.9 Å². The molecule has 0 spiro atoms. The molecule has 1 atom stereocenters. The highest BCUT2D eigenvalue weighted by Crippen LogP contribution is 2.29. The number of nitrogens with one attached hydrogen (secondary N) is 1. The number of carbonyl (C=O) groups is 1. The second kappa shape index (κ2) is 11.5. The average Bonchev–Trinajstić information content (AvgIpc) is 3.60. The fourth-order valence-corrected chi connectivity index (χ4v) is 4.96. The quantitative estimate of drug-likeness (QED) is 0.421. The Kier molecular flexibility index (Phi) is 8.21. The van der Waals surface area contributed by atoms with Crippen molar-refractivity contribution in [2.24, 2.45) is 0 Å². The van der Waals surface area contributed by atoms with E-state index in [0.717, 1.165) is 55.7 Å². The number of amides is 1. The number of unbranched alkanes of at least 4 members (excludes halogenated alkanes) is 1. The minimum atomic E-state index is -0.220. The van der Waals surface area contributed by atoms with E-state index in [2.05, 4.69) is 46.0 Å². The molecule has 1 aromatic carbocycles. The van der Waals surface area contributed by atoms with E-state index in [1.807, 2.05) is 30.5 Å². The Labute approximate surface area is 209 Å². The van der Waals surface area contributed by atoms with Crippen LogP contribution in [0.3, 0.4) is 0 Å². The largest absolute Gasteiger partial charge is 0.376 e. The van der Waals surface area contributed by atoms with E-state index in [9.17, 15) is 10.1 Å². The van der Waals surface area contributed by atoms with Crippen molar-refractivity contribution in [3.63, 3.8) is 0 Å². The Hall–Kier alpha value is -3.16. The number of aromatic nitrogens is 5. The van der Waals surface area contributed by atoms with Gasteiger partial charge in [0, 0.05) is 12.3 Å². The van der Waals surface area contributed by atoms with Gasteiger partial charge in [0.2, 0.25) is 11.1 Å². The van der Waals surface area contributed by atoms with Crippen molar-refractivity contribution in [3.05, 3.63) is 46.6 Å². The van der Waals surface area contributed by atoms with Crippen LogP contribution >= 0.6 is 11.8 Å². The van der Waals surface area contributed by atoms with E-state index in [0.29, 0.717) is 23.1 Å². The van der Waals surface area contributed by atoms with Crippen LogP contribution in [0, 0.1) is 25.2 Å². The summed E-state index contributed by atoms with van der Waals surface area (Å²) in [6.45, 7) is 7.43. The average molecular weight is 494 g/mol. The van der Waals surface area contributed by atoms with Crippen LogP contribution in [0.5, 0.6) is 0 Å². The first-order chi connectivity index (χ1) is 17.0. The molecule has 1 fully saturated rings. The van der Waals surface area contributed by atoms with Gasteiger partial charge in [-0.25, -0.2) is 0 Å². The van der Waals surface area contributed by atoms with Crippen molar-refractivity contribution in [2.75, 3.05) is 17.7 Å². The molecule has 1 aliphatic heterocycles. The van der Waals surface area contributed by atoms with Crippen LogP contribution < -0.4 is 5.32 Å². The number of thioether (sulfide) groups is 1. The molecule has 1 amide bonds. The number of hydrogen-bond donors (Lipinski definition) is 1. The van der Waals surface area contributed by atoms with Crippen LogP contribution in [0.2, 0.25) is 0 Å². The van der Waals surface area contributed by atoms with E-state index >= 15 is 0 Å². The van der Waals surface area contributed by atoms with E-state index in [-0.39, 0.29) is 17.8 Å². The third kappa shape index (κ3) is 5.74. The molecule has 0 aliphatic carbocycles. The monoisotopic (exact) mass is 493 g/mol. The maximum Gasteiger partial charge on any atom is 0.235 e. The Bertz CT molecular complexity index is 1200. The SMILES string of the molecule is CCCCc1ccc(-n2nnnc2SCC(=O)Nc2c(C#N)c(C)c(C)n2CC2CCCO2)cc1. The van der Waals surface area contributed by atoms with Gasteiger partial charge in [-0.3, -0.25) is 4.79 Å². The minimum Gasteiger partial charge on any atom is -0.376 e. The summed E-state index contributed by atoms with van der Waals surface area (Å²) in [7, 11) is 0. The fourth-order valence-electron chi connectivity index (χ4n) is 4.26. The normalized spacial score (nSPS) is 15.3. The lowest BCUT2D eigenvalue weighted by molar-refractivity contribution is -0.113. The van der Waals surface area contributed by atoms with E-state index in [4.69, 9.17) is 4.74 Å². The van der Waals surface area contributed by atoms with Crippen LogP contribution in [-0.4, -0.2) is 49.1 Å². The number of hydrogen-bond acceptors (Lipinski definition) is 7. The fraction of sp³-hybridized carbons (Fsp3) is 0.480. The highest BCUT2D eigenvalue weighted by molar-refractivity contribution is 7.99. The summed E-state index contributed by atoms with van der Waals surface area (Å²) in [5.74, 6) is 0.427. The van der Waals surface area contributed by atoms with Crippen molar-refractivity contribution < 1.29 is 9.53 Å². The number of ether oxygens (including phenoxy) is 1. The molecule has 1 N–H and O–H groups in total. The van der Waals surface area contributed by atoms with Gasteiger partial charge in [-0.2, -0.15) is 9.94 Å². The first-order valence-corrected chi connectivity index (χ1v) is 13.0. The van der Waals surface area contributed by atoms with Crippen LogP contribution in [0.4, 0.5) is 5.82 Å². The molecule has 184 valence electrons. The van der Waals surface area contributed by atoms with Crippen molar-refractivity contribution >= 4 is 23.5 Å². The molecular weight excluding hydrogens is 462 g/mol. The van der Waals surface area contributed by atoms with Crippen LogP contribution in [0.25, 0.3) is 5.69 Å². The van der Waals surface area contributed by atoms with Gasteiger partial charge < -0.3 is 14.6 Å². The lowest BCUT2D eigenvalue weighted by atomic mass is 10.1. The van der Waals surface area contributed by atoms with Crippen molar-refractivity contribution in [1.29, 1.82) is 5.26 Å². The zero-order chi connectivity index (χ0) is 24.8. The number of rotatable bonds is 10. The Morgan fingerprint density at radius 3 is 2.80 bits per heavy atom. The van der Waals surface area contributed by atoms with Crippen LogP contribution in [0.1, 0.15) is 55.0 Å². The maximum atomic E-state index is 12.9. The zero-order valence-corrected chi connectivity index (χ0v) is 21.3. The molecule has 1 saturated heterocycles. The molecule has 1 unspecified atom stereocenters. The first-order valence-electron chi connectivity index (χ1n) is 12.0. The van der Waals surface area contributed by atoms with Gasteiger partial charge >= 0.3 is 0 Å². The maximum absolute atomic E-state index is 12.9.